The fourth-order valence-electron chi connectivity index (χ4n) is 1.93. The predicted molar refractivity (Wildman–Crippen MR) is 52.5 cm³/mol. The molecule has 13 heavy (non-hydrogen) atoms. The van der Waals surface area contributed by atoms with Crippen molar-refractivity contribution in [3.05, 3.63) is 6.92 Å². The first-order valence-electron chi connectivity index (χ1n) is 4.93. The first-order chi connectivity index (χ1) is 5.83. The molecule has 0 amide bonds. The number of hydrogen-bond acceptors (Lipinski definition) is 1. The van der Waals surface area contributed by atoms with Gasteiger partial charge in [0.1, 0.15) is 0 Å². The molecule has 0 bridgehead atoms. The molecule has 0 unspecified atom stereocenters. The van der Waals surface area contributed by atoms with Crippen LogP contribution in [0.25, 0.3) is 0 Å². The zero-order chi connectivity index (χ0) is 9.45. The van der Waals surface area contributed by atoms with Crippen LogP contribution in [0.2, 0.25) is 0 Å². The quantitative estimate of drug-likeness (QED) is 0.658. The van der Waals surface area contributed by atoms with Crippen molar-refractivity contribution in [3.63, 3.8) is 0 Å². The molecule has 2 heteroatoms. The molecule has 0 aromatic rings. The minimum absolute atomic E-state index is 0. The SMILES string of the molecule is CCCC1([C-]=O)CCCC1.[CH2-]C.[U+2]. The van der Waals surface area contributed by atoms with Gasteiger partial charge in [0.25, 0.3) is 0 Å². The molecule has 0 aromatic carbocycles. The Balaban J connectivity index is 0. The largest absolute Gasteiger partial charge is 2.00 e. The molecule has 0 aromatic heterocycles. The Morgan fingerprint density at radius 2 is 1.77 bits per heavy atom. The molecule has 1 saturated carbocycles. The van der Waals surface area contributed by atoms with E-state index >= 15 is 0 Å². The molecule has 0 spiro atoms. The third kappa shape index (κ3) is 5.23. The van der Waals surface area contributed by atoms with Crippen LogP contribution in [-0.2, 0) is 4.79 Å². The van der Waals surface area contributed by atoms with Gasteiger partial charge in [0, 0.05) is 0 Å². The van der Waals surface area contributed by atoms with Crippen LogP contribution in [0.15, 0.2) is 0 Å². The molecular weight excluding hydrogens is 386 g/mol. The van der Waals surface area contributed by atoms with Gasteiger partial charge in [-0.25, -0.2) is 0 Å². The summed E-state index contributed by atoms with van der Waals surface area (Å²) in [6, 6.07) is 0. The molecule has 1 aliphatic rings. The number of rotatable bonds is 3. The van der Waals surface area contributed by atoms with E-state index in [2.05, 4.69) is 20.1 Å². The van der Waals surface area contributed by atoms with E-state index in [1.807, 2.05) is 0 Å². The maximum absolute atomic E-state index is 10.6. The Morgan fingerprint density at radius 1 is 1.31 bits per heavy atom. The number of hydrogen-bond donors (Lipinski definition) is 0. The van der Waals surface area contributed by atoms with Gasteiger partial charge >= 0.3 is 31.1 Å². The van der Waals surface area contributed by atoms with Crippen molar-refractivity contribution in [1.29, 1.82) is 0 Å². The van der Waals surface area contributed by atoms with Crippen molar-refractivity contribution in [2.24, 2.45) is 5.41 Å². The van der Waals surface area contributed by atoms with E-state index in [1.54, 1.807) is 6.92 Å². The molecule has 1 nitrogen and oxygen atoms in total. The van der Waals surface area contributed by atoms with Gasteiger partial charge in [-0.2, -0.15) is 6.92 Å². The first kappa shape index (κ1) is 16.2. The second-order valence-corrected chi connectivity index (χ2v) is 3.34. The third-order valence-corrected chi connectivity index (χ3v) is 2.51. The Kier molecular flexibility index (Phi) is 11.5. The Morgan fingerprint density at radius 3 is 2.08 bits per heavy atom. The van der Waals surface area contributed by atoms with Gasteiger partial charge in [-0.15, -0.1) is 5.41 Å². The zero-order valence-electron chi connectivity index (χ0n) is 8.86. The summed E-state index contributed by atoms with van der Waals surface area (Å²) in [5.74, 6) is 0. The van der Waals surface area contributed by atoms with Gasteiger partial charge in [0.2, 0.25) is 0 Å². The molecule has 0 aliphatic heterocycles. The third-order valence-electron chi connectivity index (χ3n) is 2.51. The summed E-state index contributed by atoms with van der Waals surface area (Å²) in [5.41, 5.74) is -0.0191. The van der Waals surface area contributed by atoms with Crippen LogP contribution in [-0.4, -0.2) is 6.29 Å². The summed E-state index contributed by atoms with van der Waals surface area (Å²) >= 11 is 0. The predicted octanol–water partition coefficient (Wildman–Crippen LogP) is 3.30. The van der Waals surface area contributed by atoms with E-state index < -0.39 is 0 Å². The Hall–Kier alpha value is 0.722. The smallest absolute Gasteiger partial charge is 0.541 e. The molecular formula is C11H20OU. The van der Waals surface area contributed by atoms with Crippen LogP contribution in [0.3, 0.4) is 0 Å². The molecule has 1 fully saturated rings. The van der Waals surface area contributed by atoms with Crippen LogP contribution < -0.4 is 0 Å². The van der Waals surface area contributed by atoms with Crippen molar-refractivity contribution < 1.29 is 35.9 Å². The van der Waals surface area contributed by atoms with Crippen LogP contribution >= 0.6 is 0 Å². The first-order valence-corrected chi connectivity index (χ1v) is 4.93. The molecule has 0 atom stereocenters. The van der Waals surface area contributed by atoms with Gasteiger partial charge in [-0.1, -0.05) is 45.4 Å². The van der Waals surface area contributed by atoms with Crippen molar-refractivity contribution in [3.8, 4) is 0 Å². The number of carbonyl (C=O) groups excluding carboxylic acids is 1. The van der Waals surface area contributed by atoms with Crippen molar-refractivity contribution in [2.45, 2.75) is 52.4 Å². The standard InChI is InChI=1S/C9H15O.C2H5.U/c1-2-5-9(8-10)6-3-4-7-9;1-2;/h2-7H2,1H3;1H2,2H3;/q2*-1;+2. The van der Waals surface area contributed by atoms with E-state index in [0.29, 0.717) is 0 Å². The fraction of sp³-hybridized carbons (Fsp3) is 0.818. The summed E-state index contributed by atoms with van der Waals surface area (Å²) in [7, 11) is 0. The summed E-state index contributed by atoms with van der Waals surface area (Å²) in [4.78, 5) is 10.6. The summed E-state index contributed by atoms with van der Waals surface area (Å²) in [5, 5.41) is 0. The van der Waals surface area contributed by atoms with E-state index in [9.17, 15) is 4.79 Å². The van der Waals surface area contributed by atoms with Gasteiger partial charge in [-0.05, 0) is 0 Å². The molecule has 0 saturated heterocycles. The minimum atomic E-state index is -0.0191. The van der Waals surface area contributed by atoms with Crippen LogP contribution in [0.5, 0.6) is 0 Å². The molecule has 0 radical (unpaired) electrons. The van der Waals surface area contributed by atoms with Crippen molar-refractivity contribution in [2.75, 3.05) is 0 Å². The Labute approximate surface area is 106 Å². The van der Waals surface area contributed by atoms with Gasteiger partial charge < -0.3 is 11.7 Å². The molecule has 0 N–H and O–H groups in total. The van der Waals surface area contributed by atoms with Gasteiger partial charge in [0.15, 0.2) is 0 Å². The van der Waals surface area contributed by atoms with Crippen molar-refractivity contribution in [1.82, 2.24) is 0 Å². The van der Waals surface area contributed by atoms with Gasteiger partial charge in [-0.3, -0.25) is 6.29 Å². The average Bonchev–Trinajstić information content (AvgIpc) is 2.58. The molecule has 1 aliphatic carbocycles. The van der Waals surface area contributed by atoms with E-state index in [4.69, 9.17) is 0 Å². The van der Waals surface area contributed by atoms with E-state index in [0.717, 1.165) is 25.7 Å². The van der Waals surface area contributed by atoms with Gasteiger partial charge in [0.05, 0.1) is 0 Å². The second-order valence-electron chi connectivity index (χ2n) is 3.34. The topological polar surface area (TPSA) is 17.1 Å². The summed E-state index contributed by atoms with van der Waals surface area (Å²) in [6.07, 6.45) is 9.04. The monoisotopic (exact) mass is 406 g/mol. The van der Waals surface area contributed by atoms with Crippen LogP contribution in [0.4, 0.5) is 0 Å². The summed E-state index contributed by atoms with van der Waals surface area (Å²) < 4.78 is 0. The maximum atomic E-state index is 10.6. The van der Waals surface area contributed by atoms with Crippen LogP contribution in [0.1, 0.15) is 52.4 Å². The molecule has 1 rings (SSSR count). The minimum Gasteiger partial charge on any atom is -0.541 e. The zero-order valence-corrected chi connectivity index (χ0v) is 13.0. The molecule has 74 valence electrons. The van der Waals surface area contributed by atoms with E-state index in [-0.39, 0.29) is 36.5 Å². The van der Waals surface area contributed by atoms with E-state index in [1.165, 1.54) is 12.8 Å². The normalized spacial score (nSPS) is 18.1. The summed E-state index contributed by atoms with van der Waals surface area (Å²) in [6.45, 7) is 7.14. The molecule has 0 heterocycles. The van der Waals surface area contributed by atoms with Crippen LogP contribution in [0, 0.1) is 43.5 Å². The fourth-order valence-corrected chi connectivity index (χ4v) is 1.93. The maximum Gasteiger partial charge on any atom is 2.00 e. The Bertz CT molecular complexity index is 117. The average molecular weight is 406 g/mol. The second kappa shape index (κ2) is 9.28. The van der Waals surface area contributed by atoms with Crippen molar-refractivity contribution >= 4 is 6.29 Å².